The van der Waals surface area contributed by atoms with Gasteiger partial charge in [-0.1, -0.05) is 12.1 Å². The molecule has 0 unspecified atom stereocenters. The van der Waals surface area contributed by atoms with Crippen molar-refractivity contribution >= 4 is 11.7 Å². The Bertz CT molecular complexity index is 677. The highest BCUT2D eigenvalue weighted by Crippen LogP contribution is 2.23. The average Bonchev–Trinajstić information content (AvgIpc) is 3.04. The van der Waals surface area contributed by atoms with Gasteiger partial charge in [0.1, 0.15) is 0 Å². The molecule has 1 aliphatic carbocycles. The Morgan fingerprint density at radius 1 is 0.962 bits per heavy atom. The van der Waals surface area contributed by atoms with Crippen LogP contribution in [0.25, 0.3) is 0 Å². The van der Waals surface area contributed by atoms with Gasteiger partial charge in [-0.15, -0.1) is 0 Å². The third-order valence-electron chi connectivity index (χ3n) is 5.69. The van der Waals surface area contributed by atoms with E-state index in [0.717, 1.165) is 71.0 Å². The lowest BCUT2D eigenvalue weighted by molar-refractivity contribution is -0.135. The zero-order valence-electron chi connectivity index (χ0n) is 15.3. The lowest BCUT2D eigenvalue weighted by Crippen LogP contribution is -2.51. The molecule has 2 heterocycles. The largest absolute Gasteiger partial charge is 0.379 e. The van der Waals surface area contributed by atoms with E-state index in [9.17, 15) is 9.59 Å². The van der Waals surface area contributed by atoms with Crippen molar-refractivity contribution in [3.63, 3.8) is 0 Å². The minimum Gasteiger partial charge on any atom is -0.379 e. The number of benzene rings is 1. The first-order chi connectivity index (χ1) is 12.7. The average molecular weight is 357 g/mol. The summed E-state index contributed by atoms with van der Waals surface area (Å²) >= 11 is 0. The number of aryl methyl sites for hydroxylation is 1. The first-order valence-electron chi connectivity index (χ1n) is 9.64. The van der Waals surface area contributed by atoms with Crippen LogP contribution in [0.15, 0.2) is 18.2 Å². The van der Waals surface area contributed by atoms with Gasteiger partial charge in [0.15, 0.2) is 5.78 Å². The summed E-state index contributed by atoms with van der Waals surface area (Å²) in [7, 11) is 0. The Morgan fingerprint density at radius 3 is 2.50 bits per heavy atom. The minimum absolute atomic E-state index is 0.231. The van der Waals surface area contributed by atoms with Crippen molar-refractivity contribution in [2.24, 2.45) is 0 Å². The van der Waals surface area contributed by atoms with Crippen molar-refractivity contribution in [1.82, 2.24) is 14.7 Å². The normalized spacial score (nSPS) is 21.8. The molecule has 0 saturated carbocycles. The van der Waals surface area contributed by atoms with E-state index in [0.29, 0.717) is 13.0 Å². The number of amides is 1. The van der Waals surface area contributed by atoms with E-state index >= 15 is 0 Å². The Hall–Kier alpha value is -1.76. The Labute approximate surface area is 154 Å². The molecule has 1 aromatic rings. The number of hydrogen-bond acceptors (Lipinski definition) is 5. The second kappa shape index (κ2) is 7.86. The third-order valence-corrected chi connectivity index (χ3v) is 5.69. The van der Waals surface area contributed by atoms with E-state index in [-0.39, 0.29) is 11.7 Å². The molecule has 0 aromatic heterocycles. The quantitative estimate of drug-likeness (QED) is 0.798. The van der Waals surface area contributed by atoms with Crippen LogP contribution in [0.4, 0.5) is 0 Å². The number of ketones is 1. The van der Waals surface area contributed by atoms with Crippen molar-refractivity contribution in [1.29, 1.82) is 0 Å². The molecule has 0 atom stereocenters. The highest BCUT2D eigenvalue weighted by Gasteiger charge is 2.24. The lowest BCUT2D eigenvalue weighted by Gasteiger charge is -2.36. The van der Waals surface area contributed by atoms with Crippen LogP contribution in [-0.4, -0.2) is 85.4 Å². The van der Waals surface area contributed by atoms with Gasteiger partial charge in [-0.25, -0.2) is 0 Å². The van der Waals surface area contributed by atoms with E-state index in [1.165, 1.54) is 11.1 Å². The molecular formula is C20H27N3O3. The van der Waals surface area contributed by atoms with Gasteiger partial charge in [-0.3, -0.25) is 19.4 Å². The van der Waals surface area contributed by atoms with Crippen molar-refractivity contribution in [3.05, 3.63) is 34.9 Å². The maximum absolute atomic E-state index is 12.5. The van der Waals surface area contributed by atoms with Crippen LogP contribution in [0.2, 0.25) is 0 Å². The summed E-state index contributed by atoms with van der Waals surface area (Å²) in [6.07, 6.45) is 1.54. The van der Waals surface area contributed by atoms with Gasteiger partial charge in [-0.05, 0) is 23.6 Å². The number of ether oxygens (including phenoxy) is 1. The Kier molecular flexibility index (Phi) is 5.33. The van der Waals surface area contributed by atoms with Gasteiger partial charge >= 0.3 is 0 Å². The van der Waals surface area contributed by atoms with Crippen molar-refractivity contribution < 1.29 is 14.3 Å². The lowest BCUT2D eigenvalue weighted by atomic mass is 10.1. The molecule has 0 bridgehead atoms. The fourth-order valence-corrected chi connectivity index (χ4v) is 4.05. The van der Waals surface area contributed by atoms with Crippen LogP contribution >= 0.6 is 0 Å². The van der Waals surface area contributed by atoms with Crippen LogP contribution in [0.5, 0.6) is 0 Å². The first-order valence-corrected chi connectivity index (χ1v) is 9.64. The predicted octanol–water partition coefficient (Wildman–Crippen LogP) is 0.792. The van der Waals surface area contributed by atoms with Crippen LogP contribution in [0.3, 0.4) is 0 Å². The van der Waals surface area contributed by atoms with Crippen molar-refractivity contribution in [3.8, 4) is 0 Å². The molecule has 26 heavy (non-hydrogen) atoms. The highest BCUT2D eigenvalue weighted by molar-refractivity contribution is 6.00. The molecule has 4 rings (SSSR count). The molecule has 2 saturated heterocycles. The predicted molar refractivity (Wildman–Crippen MR) is 98.2 cm³/mol. The standard InChI is InChI=1S/C20H27N3O3/c24-19-4-3-17-2-1-16(13-18(17)19)14-21-5-7-23(8-6-21)20(25)15-22-9-11-26-12-10-22/h1-2,13H,3-12,14-15H2. The fraction of sp³-hybridized carbons (Fsp3) is 0.600. The van der Waals surface area contributed by atoms with Crippen LogP contribution in [0, 0.1) is 0 Å². The number of Topliss-reactive ketones (excluding diaryl/α,β-unsaturated/α-hetero) is 1. The second-order valence-corrected chi connectivity index (χ2v) is 7.46. The maximum atomic E-state index is 12.5. The van der Waals surface area contributed by atoms with E-state index in [2.05, 4.69) is 28.0 Å². The monoisotopic (exact) mass is 357 g/mol. The number of fused-ring (bicyclic) bond motifs is 1. The number of carbonyl (C=O) groups excluding carboxylic acids is 2. The van der Waals surface area contributed by atoms with Gasteiger partial charge in [0.05, 0.1) is 19.8 Å². The maximum Gasteiger partial charge on any atom is 0.236 e. The molecule has 0 radical (unpaired) electrons. The number of rotatable bonds is 4. The SMILES string of the molecule is O=C1CCc2ccc(CN3CCN(C(=O)CN4CCOCC4)CC3)cc21. The van der Waals surface area contributed by atoms with Crippen molar-refractivity contribution in [2.45, 2.75) is 19.4 Å². The van der Waals surface area contributed by atoms with Gasteiger partial charge in [0, 0.05) is 57.8 Å². The highest BCUT2D eigenvalue weighted by atomic mass is 16.5. The van der Waals surface area contributed by atoms with Gasteiger partial charge in [-0.2, -0.15) is 0 Å². The zero-order chi connectivity index (χ0) is 17.9. The van der Waals surface area contributed by atoms with Crippen LogP contribution < -0.4 is 0 Å². The summed E-state index contributed by atoms with van der Waals surface area (Å²) in [4.78, 5) is 30.9. The summed E-state index contributed by atoms with van der Waals surface area (Å²) in [5.41, 5.74) is 3.31. The number of morpholine rings is 1. The third kappa shape index (κ3) is 3.98. The molecule has 2 aliphatic heterocycles. The minimum atomic E-state index is 0.231. The first kappa shape index (κ1) is 17.6. The number of nitrogens with zero attached hydrogens (tertiary/aromatic N) is 3. The number of hydrogen-bond donors (Lipinski definition) is 0. The molecule has 140 valence electrons. The zero-order valence-corrected chi connectivity index (χ0v) is 15.3. The molecule has 3 aliphatic rings. The van der Waals surface area contributed by atoms with Gasteiger partial charge < -0.3 is 9.64 Å². The number of carbonyl (C=O) groups is 2. The topological polar surface area (TPSA) is 53.1 Å². The van der Waals surface area contributed by atoms with Gasteiger partial charge in [0.25, 0.3) is 0 Å². The van der Waals surface area contributed by atoms with E-state index in [1.54, 1.807) is 0 Å². The molecule has 1 aromatic carbocycles. The molecule has 0 spiro atoms. The Morgan fingerprint density at radius 2 is 1.73 bits per heavy atom. The van der Waals surface area contributed by atoms with E-state index < -0.39 is 0 Å². The van der Waals surface area contributed by atoms with Crippen LogP contribution in [0.1, 0.15) is 27.9 Å². The molecular weight excluding hydrogens is 330 g/mol. The fourth-order valence-electron chi connectivity index (χ4n) is 4.05. The van der Waals surface area contributed by atoms with Crippen LogP contribution in [-0.2, 0) is 22.5 Å². The molecule has 6 nitrogen and oxygen atoms in total. The molecule has 2 fully saturated rings. The second-order valence-electron chi connectivity index (χ2n) is 7.46. The summed E-state index contributed by atoms with van der Waals surface area (Å²) < 4.78 is 5.34. The smallest absolute Gasteiger partial charge is 0.236 e. The van der Waals surface area contributed by atoms with Crippen molar-refractivity contribution in [2.75, 3.05) is 59.0 Å². The summed E-state index contributed by atoms with van der Waals surface area (Å²) in [6.45, 7) is 7.86. The number of piperazine rings is 1. The Balaban J connectivity index is 1.26. The van der Waals surface area contributed by atoms with Gasteiger partial charge in [0.2, 0.25) is 5.91 Å². The summed E-state index contributed by atoms with van der Waals surface area (Å²) in [6, 6.07) is 6.33. The van der Waals surface area contributed by atoms with E-state index in [1.807, 2.05) is 4.90 Å². The summed E-state index contributed by atoms with van der Waals surface area (Å²) in [5, 5.41) is 0. The molecule has 6 heteroatoms. The van der Waals surface area contributed by atoms with E-state index in [4.69, 9.17) is 4.74 Å². The summed E-state index contributed by atoms with van der Waals surface area (Å²) in [5.74, 6) is 0.509. The molecule has 1 amide bonds. The molecule has 0 N–H and O–H groups in total.